The summed E-state index contributed by atoms with van der Waals surface area (Å²) >= 11 is 0. The first-order valence-electron chi connectivity index (χ1n) is 7.52. The minimum absolute atomic E-state index is 0.00127. The van der Waals surface area contributed by atoms with Crippen LogP contribution in [0.25, 0.3) is 0 Å². The maximum Gasteiger partial charge on any atom is 0.229 e. The monoisotopic (exact) mass is 270 g/mol. The van der Waals surface area contributed by atoms with E-state index < -0.39 is 0 Å². The largest absolute Gasteiger partial charge is 0.339 e. The number of nitrogens with zero attached hydrogens (tertiary/aromatic N) is 1. The van der Waals surface area contributed by atoms with Gasteiger partial charge >= 0.3 is 0 Å². The second kappa shape index (κ2) is 5.80. The fourth-order valence-electron chi connectivity index (χ4n) is 3.35. The lowest BCUT2D eigenvalue weighted by atomic mass is 10.0. The standard InChI is InChI=1S/C17H22N2O/c18-15-9-8-14(12-15)17(20)19-10-4-7-16(19)11-13-5-2-1-3-6-13/h1-3,5-6,8-9,14-16H,4,7,10-12,18H2. The number of amides is 1. The first kappa shape index (κ1) is 13.4. The average Bonchev–Trinajstić information content (AvgIpc) is 3.08. The van der Waals surface area contributed by atoms with Crippen LogP contribution in [0.2, 0.25) is 0 Å². The Morgan fingerprint density at radius 3 is 2.75 bits per heavy atom. The van der Waals surface area contributed by atoms with E-state index in [4.69, 9.17) is 5.73 Å². The van der Waals surface area contributed by atoms with Crippen molar-refractivity contribution in [1.82, 2.24) is 4.90 Å². The summed E-state index contributed by atoms with van der Waals surface area (Å²) in [6.45, 7) is 0.899. The van der Waals surface area contributed by atoms with Gasteiger partial charge < -0.3 is 10.6 Å². The topological polar surface area (TPSA) is 46.3 Å². The summed E-state index contributed by atoms with van der Waals surface area (Å²) < 4.78 is 0. The van der Waals surface area contributed by atoms with Gasteiger partial charge in [0.05, 0.1) is 5.92 Å². The molecule has 0 aromatic heterocycles. The van der Waals surface area contributed by atoms with Crippen molar-refractivity contribution in [2.75, 3.05) is 6.54 Å². The molecule has 0 radical (unpaired) electrons. The molecule has 1 aromatic rings. The van der Waals surface area contributed by atoms with Crippen LogP contribution < -0.4 is 5.73 Å². The van der Waals surface area contributed by atoms with Crippen LogP contribution in [0.1, 0.15) is 24.8 Å². The molecule has 106 valence electrons. The van der Waals surface area contributed by atoms with E-state index in [2.05, 4.69) is 29.2 Å². The lowest BCUT2D eigenvalue weighted by Gasteiger charge is -2.27. The van der Waals surface area contributed by atoms with Gasteiger partial charge in [0.15, 0.2) is 0 Å². The number of hydrogen-bond acceptors (Lipinski definition) is 2. The van der Waals surface area contributed by atoms with Crippen molar-refractivity contribution in [2.24, 2.45) is 11.7 Å². The Labute approximate surface area is 120 Å². The van der Waals surface area contributed by atoms with Crippen LogP contribution in [0, 0.1) is 5.92 Å². The molecule has 20 heavy (non-hydrogen) atoms. The van der Waals surface area contributed by atoms with E-state index in [1.54, 1.807) is 0 Å². The van der Waals surface area contributed by atoms with E-state index in [9.17, 15) is 4.79 Å². The summed E-state index contributed by atoms with van der Waals surface area (Å²) in [7, 11) is 0. The van der Waals surface area contributed by atoms with Gasteiger partial charge in [-0.2, -0.15) is 0 Å². The molecule has 3 rings (SSSR count). The molecule has 3 nitrogen and oxygen atoms in total. The third-order valence-electron chi connectivity index (χ3n) is 4.41. The molecule has 0 spiro atoms. The molecule has 2 aliphatic rings. The number of hydrogen-bond donors (Lipinski definition) is 1. The van der Waals surface area contributed by atoms with E-state index in [0.717, 1.165) is 32.2 Å². The van der Waals surface area contributed by atoms with Gasteiger partial charge in [0, 0.05) is 18.6 Å². The fraction of sp³-hybridized carbons (Fsp3) is 0.471. The molecule has 1 saturated heterocycles. The molecular formula is C17H22N2O. The van der Waals surface area contributed by atoms with Crippen molar-refractivity contribution in [1.29, 1.82) is 0 Å². The van der Waals surface area contributed by atoms with E-state index in [0.29, 0.717) is 6.04 Å². The predicted octanol–water partition coefficient (Wildman–Crippen LogP) is 2.12. The van der Waals surface area contributed by atoms with Crippen LogP contribution in [0.15, 0.2) is 42.5 Å². The summed E-state index contributed by atoms with van der Waals surface area (Å²) in [6.07, 6.45) is 7.92. The van der Waals surface area contributed by atoms with Crippen LogP contribution >= 0.6 is 0 Å². The van der Waals surface area contributed by atoms with Crippen molar-refractivity contribution in [3.05, 3.63) is 48.0 Å². The minimum atomic E-state index is 0.00127. The zero-order valence-electron chi connectivity index (χ0n) is 11.7. The molecule has 1 amide bonds. The third kappa shape index (κ3) is 2.78. The van der Waals surface area contributed by atoms with Crippen molar-refractivity contribution in [3.63, 3.8) is 0 Å². The average molecular weight is 270 g/mol. The zero-order valence-corrected chi connectivity index (χ0v) is 11.7. The van der Waals surface area contributed by atoms with Crippen LogP contribution in [0.5, 0.6) is 0 Å². The van der Waals surface area contributed by atoms with Gasteiger partial charge in [0.25, 0.3) is 0 Å². The van der Waals surface area contributed by atoms with Crippen molar-refractivity contribution >= 4 is 5.91 Å². The van der Waals surface area contributed by atoms with Gasteiger partial charge in [-0.3, -0.25) is 4.79 Å². The van der Waals surface area contributed by atoms with Crippen LogP contribution in [0.3, 0.4) is 0 Å². The van der Waals surface area contributed by atoms with Gasteiger partial charge in [0.1, 0.15) is 0 Å². The van der Waals surface area contributed by atoms with Crippen LogP contribution in [0.4, 0.5) is 0 Å². The number of benzene rings is 1. The molecule has 1 fully saturated rings. The molecule has 3 atom stereocenters. The SMILES string of the molecule is NC1C=CC(C(=O)N2CCCC2Cc2ccccc2)C1. The highest BCUT2D eigenvalue weighted by Gasteiger charge is 2.33. The van der Waals surface area contributed by atoms with Gasteiger partial charge in [0.2, 0.25) is 5.91 Å². The van der Waals surface area contributed by atoms with Gasteiger partial charge in [-0.1, -0.05) is 42.5 Å². The quantitative estimate of drug-likeness (QED) is 0.855. The maximum atomic E-state index is 12.6. The molecule has 1 heterocycles. The Hall–Kier alpha value is -1.61. The van der Waals surface area contributed by atoms with Gasteiger partial charge in [-0.15, -0.1) is 0 Å². The van der Waals surface area contributed by atoms with E-state index in [1.165, 1.54) is 5.56 Å². The Bertz CT molecular complexity index is 497. The van der Waals surface area contributed by atoms with E-state index in [1.807, 2.05) is 18.2 Å². The Kier molecular flexibility index (Phi) is 3.88. The molecule has 0 saturated carbocycles. The normalized spacial score (nSPS) is 29.1. The van der Waals surface area contributed by atoms with Gasteiger partial charge in [-0.25, -0.2) is 0 Å². The summed E-state index contributed by atoms with van der Waals surface area (Å²) in [4.78, 5) is 14.7. The lowest BCUT2D eigenvalue weighted by molar-refractivity contribution is -0.134. The second-order valence-corrected chi connectivity index (χ2v) is 5.91. The fourth-order valence-corrected chi connectivity index (χ4v) is 3.35. The zero-order chi connectivity index (χ0) is 13.9. The molecule has 2 N–H and O–H groups in total. The summed E-state index contributed by atoms with van der Waals surface area (Å²) in [5.74, 6) is 0.272. The van der Waals surface area contributed by atoms with Crippen molar-refractivity contribution in [2.45, 2.75) is 37.8 Å². The second-order valence-electron chi connectivity index (χ2n) is 5.91. The molecule has 1 aliphatic carbocycles. The predicted molar refractivity (Wildman–Crippen MR) is 80.1 cm³/mol. The Morgan fingerprint density at radius 2 is 2.05 bits per heavy atom. The first-order chi connectivity index (χ1) is 9.74. The molecule has 0 bridgehead atoms. The Morgan fingerprint density at radius 1 is 1.25 bits per heavy atom. The van der Waals surface area contributed by atoms with Crippen molar-refractivity contribution < 1.29 is 4.79 Å². The minimum Gasteiger partial charge on any atom is -0.339 e. The molecular weight excluding hydrogens is 248 g/mol. The number of likely N-dealkylation sites (tertiary alicyclic amines) is 1. The van der Waals surface area contributed by atoms with Crippen LogP contribution in [-0.2, 0) is 11.2 Å². The summed E-state index contributed by atoms with van der Waals surface area (Å²) in [5, 5.41) is 0. The van der Waals surface area contributed by atoms with Crippen LogP contribution in [-0.4, -0.2) is 29.4 Å². The smallest absolute Gasteiger partial charge is 0.229 e. The first-order valence-corrected chi connectivity index (χ1v) is 7.52. The number of carbonyl (C=O) groups excluding carboxylic acids is 1. The highest BCUT2D eigenvalue weighted by molar-refractivity contribution is 5.81. The van der Waals surface area contributed by atoms with E-state index in [-0.39, 0.29) is 17.9 Å². The number of nitrogens with two attached hydrogens (primary N) is 1. The lowest BCUT2D eigenvalue weighted by Crippen LogP contribution is -2.40. The maximum absolute atomic E-state index is 12.6. The summed E-state index contributed by atoms with van der Waals surface area (Å²) in [6, 6.07) is 10.9. The molecule has 1 aliphatic heterocycles. The third-order valence-corrected chi connectivity index (χ3v) is 4.41. The molecule has 3 heteroatoms. The summed E-state index contributed by atoms with van der Waals surface area (Å²) in [5.41, 5.74) is 7.18. The number of rotatable bonds is 3. The highest BCUT2D eigenvalue weighted by Crippen LogP contribution is 2.26. The Balaban J connectivity index is 1.66. The number of carbonyl (C=O) groups is 1. The molecule has 3 unspecified atom stereocenters. The van der Waals surface area contributed by atoms with Crippen molar-refractivity contribution in [3.8, 4) is 0 Å². The van der Waals surface area contributed by atoms with E-state index >= 15 is 0 Å². The highest BCUT2D eigenvalue weighted by atomic mass is 16.2. The van der Waals surface area contributed by atoms with Gasteiger partial charge in [-0.05, 0) is 31.2 Å². The molecule has 1 aromatic carbocycles.